The van der Waals surface area contributed by atoms with Crippen LogP contribution in [-0.4, -0.2) is 12.6 Å². The molecule has 0 heterocycles. The molecule has 0 aliphatic heterocycles. The van der Waals surface area contributed by atoms with Crippen LogP contribution in [0.15, 0.2) is 12.7 Å². The van der Waals surface area contributed by atoms with Gasteiger partial charge in [-0.15, -0.1) is 6.58 Å². The number of nitrogens with one attached hydrogen (secondary N) is 1. The van der Waals surface area contributed by atoms with Gasteiger partial charge in [0.1, 0.15) is 0 Å². The highest BCUT2D eigenvalue weighted by Crippen LogP contribution is 2.36. The zero-order valence-corrected chi connectivity index (χ0v) is 7.64. The first-order chi connectivity index (χ1) is 5.24. The molecule has 0 saturated heterocycles. The molecule has 0 aromatic heterocycles. The van der Waals surface area contributed by atoms with E-state index in [4.69, 9.17) is 0 Å². The van der Waals surface area contributed by atoms with Crippen LogP contribution in [0, 0.1) is 11.8 Å². The van der Waals surface area contributed by atoms with Gasteiger partial charge in [-0.25, -0.2) is 0 Å². The molecule has 0 spiro atoms. The highest BCUT2D eigenvalue weighted by atomic mass is 14.9. The molecule has 11 heavy (non-hydrogen) atoms. The van der Waals surface area contributed by atoms with Crippen molar-refractivity contribution in [1.82, 2.24) is 5.32 Å². The second-order valence-electron chi connectivity index (χ2n) is 3.75. The minimum Gasteiger partial charge on any atom is -0.311 e. The quantitative estimate of drug-likeness (QED) is 0.597. The molecule has 1 aliphatic carbocycles. The van der Waals surface area contributed by atoms with E-state index in [1.165, 1.54) is 12.8 Å². The summed E-state index contributed by atoms with van der Waals surface area (Å²) in [6.07, 6.45) is 4.86. The van der Waals surface area contributed by atoms with Crippen molar-refractivity contribution in [2.24, 2.45) is 11.8 Å². The lowest BCUT2D eigenvalue weighted by atomic mass is 10.1. The second kappa shape index (κ2) is 3.91. The predicted molar refractivity (Wildman–Crippen MR) is 49.5 cm³/mol. The average molecular weight is 153 g/mol. The highest BCUT2D eigenvalue weighted by molar-refractivity contribution is 4.85. The van der Waals surface area contributed by atoms with Gasteiger partial charge in [-0.05, 0) is 38.1 Å². The third kappa shape index (κ3) is 3.06. The maximum Gasteiger partial charge on any atom is 0.0219 e. The summed E-state index contributed by atoms with van der Waals surface area (Å²) in [7, 11) is 0. The van der Waals surface area contributed by atoms with Crippen LogP contribution in [0.5, 0.6) is 0 Å². The van der Waals surface area contributed by atoms with Crippen molar-refractivity contribution in [3.05, 3.63) is 12.7 Å². The van der Waals surface area contributed by atoms with Gasteiger partial charge in [0.2, 0.25) is 0 Å². The van der Waals surface area contributed by atoms with Gasteiger partial charge in [-0.3, -0.25) is 0 Å². The molecule has 2 atom stereocenters. The van der Waals surface area contributed by atoms with Crippen LogP contribution in [0.3, 0.4) is 0 Å². The molecule has 0 radical (unpaired) electrons. The Hall–Kier alpha value is -0.300. The molecule has 1 rings (SSSR count). The van der Waals surface area contributed by atoms with Gasteiger partial charge in [-0.1, -0.05) is 13.0 Å². The minimum absolute atomic E-state index is 0.469. The molecular formula is C10H19N. The van der Waals surface area contributed by atoms with Crippen LogP contribution >= 0.6 is 0 Å². The molecule has 1 aliphatic rings. The van der Waals surface area contributed by atoms with Crippen molar-refractivity contribution in [1.29, 1.82) is 0 Å². The Labute approximate surface area is 69.9 Å². The van der Waals surface area contributed by atoms with E-state index in [9.17, 15) is 0 Å². The Kier molecular flexibility index (Phi) is 3.13. The molecule has 0 amide bonds. The third-order valence-electron chi connectivity index (χ3n) is 2.54. The SMILES string of the molecule is C=CC(C)NCC(C)C1CC1. The van der Waals surface area contributed by atoms with E-state index in [2.05, 4.69) is 25.7 Å². The minimum atomic E-state index is 0.469. The predicted octanol–water partition coefficient (Wildman–Crippen LogP) is 2.20. The lowest BCUT2D eigenvalue weighted by Crippen LogP contribution is -2.29. The highest BCUT2D eigenvalue weighted by Gasteiger charge is 2.27. The summed E-state index contributed by atoms with van der Waals surface area (Å²) in [4.78, 5) is 0. The van der Waals surface area contributed by atoms with Gasteiger partial charge in [0, 0.05) is 6.04 Å². The fourth-order valence-electron chi connectivity index (χ4n) is 1.29. The molecule has 1 heteroatoms. The van der Waals surface area contributed by atoms with Crippen molar-refractivity contribution in [2.45, 2.75) is 32.7 Å². The molecule has 0 bridgehead atoms. The van der Waals surface area contributed by atoms with Crippen LogP contribution in [0.25, 0.3) is 0 Å². The maximum atomic E-state index is 3.74. The summed E-state index contributed by atoms with van der Waals surface area (Å²) in [6.45, 7) is 9.37. The fourth-order valence-corrected chi connectivity index (χ4v) is 1.29. The van der Waals surface area contributed by atoms with E-state index in [0.29, 0.717) is 6.04 Å². The van der Waals surface area contributed by atoms with Crippen molar-refractivity contribution >= 4 is 0 Å². The van der Waals surface area contributed by atoms with Gasteiger partial charge in [0.25, 0.3) is 0 Å². The van der Waals surface area contributed by atoms with E-state index in [1.807, 2.05) is 6.08 Å². The summed E-state index contributed by atoms with van der Waals surface area (Å²) >= 11 is 0. The maximum absolute atomic E-state index is 3.74. The van der Waals surface area contributed by atoms with E-state index < -0.39 is 0 Å². The van der Waals surface area contributed by atoms with Gasteiger partial charge in [0.15, 0.2) is 0 Å². The Balaban J connectivity index is 2.05. The number of hydrogen-bond acceptors (Lipinski definition) is 1. The van der Waals surface area contributed by atoms with Crippen LogP contribution in [0.4, 0.5) is 0 Å². The van der Waals surface area contributed by atoms with Gasteiger partial charge in [0.05, 0.1) is 0 Å². The van der Waals surface area contributed by atoms with Crippen molar-refractivity contribution in [2.75, 3.05) is 6.54 Å². The first kappa shape index (κ1) is 8.79. The summed E-state index contributed by atoms with van der Waals surface area (Å²) in [5.41, 5.74) is 0. The molecule has 1 nitrogen and oxygen atoms in total. The number of rotatable bonds is 5. The zero-order chi connectivity index (χ0) is 8.27. The normalized spacial score (nSPS) is 22.7. The summed E-state index contributed by atoms with van der Waals surface area (Å²) < 4.78 is 0. The molecule has 1 saturated carbocycles. The van der Waals surface area contributed by atoms with Gasteiger partial charge in [-0.2, -0.15) is 0 Å². The monoisotopic (exact) mass is 153 g/mol. The van der Waals surface area contributed by atoms with E-state index in [1.54, 1.807) is 0 Å². The topological polar surface area (TPSA) is 12.0 Å². The van der Waals surface area contributed by atoms with Gasteiger partial charge >= 0.3 is 0 Å². The molecule has 0 aromatic rings. The smallest absolute Gasteiger partial charge is 0.0219 e. The summed E-state index contributed by atoms with van der Waals surface area (Å²) in [5, 5.41) is 3.44. The second-order valence-corrected chi connectivity index (χ2v) is 3.75. The Morgan fingerprint density at radius 1 is 1.55 bits per heavy atom. The molecule has 0 aromatic carbocycles. The molecule has 1 fully saturated rings. The van der Waals surface area contributed by atoms with Crippen LogP contribution in [0.2, 0.25) is 0 Å². The van der Waals surface area contributed by atoms with Gasteiger partial charge < -0.3 is 5.32 Å². The summed E-state index contributed by atoms with van der Waals surface area (Å²) in [6, 6.07) is 0.469. The molecule has 64 valence electrons. The zero-order valence-electron chi connectivity index (χ0n) is 7.64. The first-order valence-electron chi connectivity index (χ1n) is 4.60. The fraction of sp³-hybridized carbons (Fsp3) is 0.800. The van der Waals surface area contributed by atoms with E-state index in [0.717, 1.165) is 18.4 Å². The molecular weight excluding hydrogens is 134 g/mol. The van der Waals surface area contributed by atoms with E-state index >= 15 is 0 Å². The summed E-state index contributed by atoms with van der Waals surface area (Å²) in [5.74, 6) is 1.87. The lowest BCUT2D eigenvalue weighted by Gasteiger charge is -2.13. The largest absolute Gasteiger partial charge is 0.311 e. The van der Waals surface area contributed by atoms with E-state index in [-0.39, 0.29) is 0 Å². The van der Waals surface area contributed by atoms with Crippen molar-refractivity contribution in [3.8, 4) is 0 Å². The standard InChI is InChI=1S/C10H19N/c1-4-9(3)11-7-8(2)10-5-6-10/h4,8-11H,1,5-7H2,2-3H3. The van der Waals surface area contributed by atoms with Crippen molar-refractivity contribution < 1.29 is 0 Å². The van der Waals surface area contributed by atoms with Crippen LogP contribution < -0.4 is 5.32 Å². The molecule has 1 N–H and O–H groups in total. The van der Waals surface area contributed by atoms with Crippen molar-refractivity contribution in [3.63, 3.8) is 0 Å². The molecule has 2 unspecified atom stereocenters. The Morgan fingerprint density at radius 2 is 2.18 bits per heavy atom. The Morgan fingerprint density at radius 3 is 2.64 bits per heavy atom. The number of hydrogen-bond donors (Lipinski definition) is 1. The lowest BCUT2D eigenvalue weighted by molar-refractivity contribution is 0.449. The Bertz CT molecular complexity index is 127. The first-order valence-corrected chi connectivity index (χ1v) is 4.60. The average Bonchev–Trinajstić information content (AvgIpc) is 2.81. The van der Waals surface area contributed by atoms with Crippen LogP contribution in [-0.2, 0) is 0 Å². The van der Waals surface area contributed by atoms with Crippen LogP contribution in [0.1, 0.15) is 26.7 Å². The third-order valence-corrected chi connectivity index (χ3v) is 2.54.